The summed E-state index contributed by atoms with van der Waals surface area (Å²) < 4.78 is 0. The van der Waals surface area contributed by atoms with Crippen LogP contribution in [0, 0.1) is 0 Å². The lowest BCUT2D eigenvalue weighted by Gasteiger charge is -2.27. The molecule has 0 saturated carbocycles. The normalized spacial score (nSPS) is 27.0. The smallest absolute Gasteiger partial charge is 0.0693 e. The number of piperidine rings is 1. The van der Waals surface area contributed by atoms with Crippen molar-refractivity contribution in [2.45, 2.75) is 57.6 Å². The van der Waals surface area contributed by atoms with E-state index in [0.29, 0.717) is 6.04 Å². The first-order valence-electron chi connectivity index (χ1n) is 5.26. The lowest BCUT2D eigenvalue weighted by molar-refractivity contribution is 0.102. The van der Waals surface area contributed by atoms with Gasteiger partial charge in [0.25, 0.3) is 0 Å². The van der Waals surface area contributed by atoms with Crippen LogP contribution in [0.2, 0.25) is 0 Å². The van der Waals surface area contributed by atoms with Gasteiger partial charge in [0.15, 0.2) is 0 Å². The van der Waals surface area contributed by atoms with Gasteiger partial charge in [-0.05, 0) is 25.8 Å². The zero-order valence-corrected chi connectivity index (χ0v) is 8.05. The summed E-state index contributed by atoms with van der Waals surface area (Å²) >= 11 is 0. The van der Waals surface area contributed by atoms with Crippen LogP contribution in [0.5, 0.6) is 0 Å². The quantitative estimate of drug-likeness (QED) is 0.674. The molecule has 0 aromatic heterocycles. The maximum Gasteiger partial charge on any atom is 0.0693 e. The van der Waals surface area contributed by atoms with Crippen LogP contribution in [0.1, 0.15) is 45.4 Å². The molecule has 0 radical (unpaired) electrons. The summed E-state index contributed by atoms with van der Waals surface area (Å²) in [5.41, 5.74) is 0. The first-order chi connectivity index (χ1) is 5.84. The molecule has 2 atom stereocenters. The molecular formula is C10H21NO. The average Bonchev–Trinajstić information content (AvgIpc) is 2.15. The molecule has 1 aliphatic heterocycles. The topological polar surface area (TPSA) is 32.3 Å². The van der Waals surface area contributed by atoms with E-state index in [9.17, 15) is 5.11 Å². The lowest BCUT2D eigenvalue weighted by atomic mass is 9.97. The Morgan fingerprint density at radius 3 is 2.92 bits per heavy atom. The zero-order valence-electron chi connectivity index (χ0n) is 8.05. The zero-order chi connectivity index (χ0) is 8.81. The van der Waals surface area contributed by atoms with Crippen molar-refractivity contribution in [1.29, 1.82) is 0 Å². The van der Waals surface area contributed by atoms with Crippen LogP contribution in [-0.2, 0) is 0 Å². The molecular weight excluding hydrogens is 150 g/mol. The third-order valence-electron chi connectivity index (χ3n) is 2.67. The fraction of sp³-hybridized carbons (Fsp3) is 1.00. The first kappa shape index (κ1) is 10.0. The van der Waals surface area contributed by atoms with Crippen molar-refractivity contribution in [3.8, 4) is 0 Å². The maximum absolute atomic E-state index is 9.74. The van der Waals surface area contributed by atoms with Gasteiger partial charge in [0, 0.05) is 6.04 Å². The summed E-state index contributed by atoms with van der Waals surface area (Å²) in [5, 5.41) is 13.1. The van der Waals surface area contributed by atoms with Gasteiger partial charge in [0.2, 0.25) is 0 Å². The minimum atomic E-state index is -0.106. The highest BCUT2D eigenvalue weighted by molar-refractivity contribution is 4.78. The Hall–Kier alpha value is -0.0800. The number of hydrogen-bond acceptors (Lipinski definition) is 2. The second kappa shape index (κ2) is 5.55. The molecule has 1 rings (SSSR count). The summed E-state index contributed by atoms with van der Waals surface area (Å²) in [6.07, 6.45) is 6.91. The minimum Gasteiger partial charge on any atom is -0.392 e. The molecule has 1 fully saturated rings. The highest BCUT2D eigenvalue weighted by Crippen LogP contribution is 2.14. The average molecular weight is 171 g/mol. The van der Waals surface area contributed by atoms with Crippen molar-refractivity contribution in [2.75, 3.05) is 6.54 Å². The SMILES string of the molecule is CCCCC(O)C1CCCCN1. The third kappa shape index (κ3) is 3.11. The van der Waals surface area contributed by atoms with Gasteiger partial charge >= 0.3 is 0 Å². The molecule has 0 aromatic rings. The van der Waals surface area contributed by atoms with Gasteiger partial charge in [0.05, 0.1) is 6.10 Å². The summed E-state index contributed by atoms with van der Waals surface area (Å²) in [7, 11) is 0. The molecule has 72 valence electrons. The van der Waals surface area contributed by atoms with E-state index in [2.05, 4.69) is 12.2 Å². The summed E-state index contributed by atoms with van der Waals surface area (Å²) in [6.45, 7) is 3.26. The third-order valence-corrected chi connectivity index (χ3v) is 2.67. The fourth-order valence-electron chi connectivity index (χ4n) is 1.82. The van der Waals surface area contributed by atoms with Crippen LogP contribution >= 0.6 is 0 Å². The van der Waals surface area contributed by atoms with Crippen molar-refractivity contribution < 1.29 is 5.11 Å². The van der Waals surface area contributed by atoms with E-state index in [1.54, 1.807) is 0 Å². The van der Waals surface area contributed by atoms with Crippen LogP contribution in [0.15, 0.2) is 0 Å². The van der Waals surface area contributed by atoms with Crippen molar-refractivity contribution in [3.05, 3.63) is 0 Å². The molecule has 0 aliphatic carbocycles. The monoisotopic (exact) mass is 171 g/mol. The Labute approximate surface area is 75.4 Å². The lowest BCUT2D eigenvalue weighted by Crippen LogP contribution is -2.43. The van der Waals surface area contributed by atoms with E-state index in [4.69, 9.17) is 0 Å². The molecule has 2 unspecified atom stereocenters. The van der Waals surface area contributed by atoms with Crippen molar-refractivity contribution >= 4 is 0 Å². The second-order valence-corrected chi connectivity index (χ2v) is 3.77. The van der Waals surface area contributed by atoms with Gasteiger partial charge in [0.1, 0.15) is 0 Å². The molecule has 12 heavy (non-hydrogen) atoms. The van der Waals surface area contributed by atoms with E-state index in [1.807, 2.05) is 0 Å². The van der Waals surface area contributed by atoms with Crippen LogP contribution in [0.25, 0.3) is 0 Å². The molecule has 1 heterocycles. The van der Waals surface area contributed by atoms with Gasteiger partial charge in [-0.1, -0.05) is 26.2 Å². The number of aliphatic hydroxyl groups is 1. The van der Waals surface area contributed by atoms with Crippen LogP contribution in [-0.4, -0.2) is 23.8 Å². The van der Waals surface area contributed by atoms with Gasteiger partial charge in [-0.2, -0.15) is 0 Å². The second-order valence-electron chi connectivity index (χ2n) is 3.77. The predicted octanol–water partition coefficient (Wildman–Crippen LogP) is 1.68. The Morgan fingerprint density at radius 1 is 1.50 bits per heavy atom. The highest BCUT2D eigenvalue weighted by atomic mass is 16.3. The number of unbranched alkanes of at least 4 members (excludes halogenated alkanes) is 1. The first-order valence-corrected chi connectivity index (χ1v) is 5.26. The van der Waals surface area contributed by atoms with E-state index in [0.717, 1.165) is 25.8 Å². The van der Waals surface area contributed by atoms with Crippen LogP contribution in [0.3, 0.4) is 0 Å². The number of hydrogen-bond donors (Lipinski definition) is 2. The highest BCUT2D eigenvalue weighted by Gasteiger charge is 2.19. The van der Waals surface area contributed by atoms with Gasteiger partial charge < -0.3 is 10.4 Å². The molecule has 2 N–H and O–H groups in total. The Kier molecular flexibility index (Phi) is 4.62. The number of nitrogens with one attached hydrogen (secondary N) is 1. The standard InChI is InChI=1S/C10H21NO/c1-2-3-7-10(12)9-6-4-5-8-11-9/h9-12H,2-8H2,1H3. The van der Waals surface area contributed by atoms with E-state index in [-0.39, 0.29) is 6.10 Å². The molecule has 0 aromatic carbocycles. The summed E-state index contributed by atoms with van der Waals surface area (Å²) in [5.74, 6) is 0. The van der Waals surface area contributed by atoms with Crippen molar-refractivity contribution in [3.63, 3.8) is 0 Å². The Balaban J connectivity index is 2.15. The van der Waals surface area contributed by atoms with Gasteiger partial charge in [-0.25, -0.2) is 0 Å². The largest absolute Gasteiger partial charge is 0.392 e. The molecule has 0 bridgehead atoms. The van der Waals surface area contributed by atoms with E-state index < -0.39 is 0 Å². The molecule has 1 saturated heterocycles. The van der Waals surface area contributed by atoms with Gasteiger partial charge in [-0.15, -0.1) is 0 Å². The van der Waals surface area contributed by atoms with Crippen molar-refractivity contribution in [1.82, 2.24) is 5.32 Å². The maximum atomic E-state index is 9.74. The molecule has 2 heteroatoms. The van der Waals surface area contributed by atoms with Crippen molar-refractivity contribution in [2.24, 2.45) is 0 Å². The summed E-state index contributed by atoms with van der Waals surface area (Å²) in [6, 6.07) is 0.380. The number of rotatable bonds is 4. The van der Waals surface area contributed by atoms with E-state index >= 15 is 0 Å². The Bertz CT molecular complexity index is 110. The molecule has 0 amide bonds. The Morgan fingerprint density at radius 2 is 2.33 bits per heavy atom. The number of aliphatic hydroxyl groups excluding tert-OH is 1. The fourth-order valence-corrected chi connectivity index (χ4v) is 1.82. The molecule has 0 spiro atoms. The minimum absolute atomic E-state index is 0.106. The van der Waals surface area contributed by atoms with E-state index in [1.165, 1.54) is 19.3 Å². The molecule has 2 nitrogen and oxygen atoms in total. The predicted molar refractivity (Wildman–Crippen MR) is 51.2 cm³/mol. The van der Waals surface area contributed by atoms with Crippen LogP contribution in [0.4, 0.5) is 0 Å². The molecule has 1 aliphatic rings. The summed E-state index contributed by atoms with van der Waals surface area (Å²) in [4.78, 5) is 0. The van der Waals surface area contributed by atoms with Crippen LogP contribution < -0.4 is 5.32 Å². The van der Waals surface area contributed by atoms with Gasteiger partial charge in [-0.3, -0.25) is 0 Å².